The summed E-state index contributed by atoms with van der Waals surface area (Å²) in [5.41, 5.74) is 2.05. The van der Waals surface area contributed by atoms with Gasteiger partial charge in [0.1, 0.15) is 16.3 Å². The minimum Gasteiger partial charge on any atom is -0.497 e. The first-order valence-corrected chi connectivity index (χ1v) is 10.4. The number of nitrogens with one attached hydrogen (secondary N) is 1. The Labute approximate surface area is 174 Å². The Balaban J connectivity index is 1.89. The van der Waals surface area contributed by atoms with E-state index in [1.165, 1.54) is 11.3 Å². The van der Waals surface area contributed by atoms with Crippen molar-refractivity contribution in [3.8, 4) is 16.9 Å². The third-order valence-corrected chi connectivity index (χ3v) is 5.69. The lowest BCUT2D eigenvalue weighted by Crippen LogP contribution is -2.41. The molecule has 8 heteroatoms. The largest absolute Gasteiger partial charge is 0.497 e. The molecule has 0 atom stereocenters. The third-order valence-electron chi connectivity index (χ3n) is 4.67. The Morgan fingerprint density at radius 1 is 1.21 bits per heavy atom. The van der Waals surface area contributed by atoms with Crippen LogP contribution in [-0.4, -0.2) is 63.3 Å². The van der Waals surface area contributed by atoms with E-state index in [0.29, 0.717) is 23.8 Å². The van der Waals surface area contributed by atoms with Crippen LogP contribution in [0, 0.1) is 6.92 Å². The lowest BCUT2D eigenvalue weighted by atomic mass is 10.0. The molecule has 0 aliphatic carbocycles. The van der Waals surface area contributed by atoms with Crippen LogP contribution in [0.4, 0.5) is 5.00 Å². The van der Waals surface area contributed by atoms with Crippen LogP contribution in [0.15, 0.2) is 24.3 Å². The molecule has 1 aromatic carbocycles. The number of esters is 1. The van der Waals surface area contributed by atoms with Crippen LogP contribution in [0.2, 0.25) is 0 Å². The Hall–Kier alpha value is -2.42. The van der Waals surface area contributed by atoms with E-state index >= 15 is 0 Å². The number of carbonyl (C=O) groups is 2. The molecular weight excluding hydrogens is 392 g/mol. The zero-order chi connectivity index (χ0) is 20.8. The van der Waals surface area contributed by atoms with Gasteiger partial charge in [-0.3, -0.25) is 9.69 Å². The molecule has 1 aliphatic heterocycles. The second kappa shape index (κ2) is 9.87. The normalized spacial score (nSPS) is 14.4. The second-order valence-electron chi connectivity index (χ2n) is 6.62. The van der Waals surface area contributed by atoms with Crippen molar-refractivity contribution in [1.82, 2.24) is 4.90 Å². The zero-order valence-electron chi connectivity index (χ0n) is 16.9. The summed E-state index contributed by atoms with van der Waals surface area (Å²) in [7, 11) is 1.61. The molecule has 1 aliphatic rings. The molecule has 3 rings (SSSR count). The van der Waals surface area contributed by atoms with E-state index in [4.69, 9.17) is 14.2 Å². The number of amides is 1. The molecule has 0 unspecified atom stereocenters. The predicted molar refractivity (Wildman–Crippen MR) is 113 cm³/mol. The zero-order valence-corrected chi connectivity index (χ0v) is 17.8. The van der Waals surface area contributed by atoms with Gasteiger partial charge in [-0.2, -0.15) is 0 Å². The van der Waals surface area contributed by atoms with Crippen molar-refractivity contribution < 1.29 is 23.8 Å². The average Bonchev–Trinajstić information content (AvgIpc) is 3.04. The second-order valence-corrected chi connectivity index (χ2v) is 7.85. The highest BCUT2D eigenvalue weighted by Crippen LogP contribution is 2.40. The number of aryl methyl sites for hydroxylation is 1. The summed E-state index contributed by atoms with van der Waals surface area (Å²) >= 11 is 1.38. The summed E-state index contributed by atoms with van der Waals surface area (Å²) < 4.78 is 15.8. The number of carbonyl (C=O) groups excluding carboxylic acids is 2. The number of hydrogen-bond acceptors (Lipinski definition) is 7. The van der Waals surface area contributed by atoms with E-state index in [1.54, 1.807) is 14.0 Å². The van der Waals surface area contributed by atoms with E-state index in [2.05, 4.69) is 5.32 Å². The number of benzene rings is 1. The van der Waals surface area contributed by atoms with Crippen LogP contribution >= 0.6 is 11.3 Å². The maximum atomic E-state index is 12.7. The number of methoxy groups -OCH3 is 1. The highest BCUT2D eigenvalue weighted by Gasteiger charge is 2.26. The fraction of sp³-hybridized carbons (Fsp3) is 0.429. The van der Waals surface area contributed by atoms with Gasteiger partial charge in [0.2, 0.25) is 5.91 Å². The predicted octanol–water partition coefficient (Wildman–Crippen LogP) is 3.18. The van der Waals surface area contributed by atoms with Gasteiger partial charge in [0.25, 0.3) is 0 Å². The summed E-state index contributed by atoms with van der Waals surface area (Å²) in [5, 5.41) is 3.44. The average molecular weight is 419 g/mol. The van der Waals surface area contributed by atoms with Crippen molar-refractivity contribution in [3.63, 3.8) is 0 Å². The third kappa shape index (κ3) is 5.14. The Morgan fingerprint density at radius 2 is 1.90 bits per heavy atom. The minimum atomic E-state index is -0.440. The lowest BCUT2D eigenvalue weighted by Gasteiger charge is -2.25. The van der Waals surface area contributed by atoms with Gasteiger partial charge in [0, 0.05) is 23.5 Å². The maximum absolute atomic E-state index is 12.7. The van der Waals surface area contributed by atoms with E-state index in [0.717, 1.165) is 34.8 Å². The molecule has 1 aromatic heterocycles. The molecule has 2 heterocycles. The smallest absolute Gasteiger partial charge is 0.341 e. The van der Waals surface area contributed by atoms with Crippen LogP contribution in [0.5, 0.6) is 5.75 Å². The van der Waals surface area contributed by atoms with E-state index in [1.807, 2.05) is 36.1 Å². The number of rotatable bonds is 7. The molecule has 1 fully saturated rings. The summed E-state index contributed by atoms with van der Waals surface area (Å²) in [5.74, 6) is 0.141. The van der Waals surface area contributed by atoms with E-state index in [-0.39, 0.29) is 19.1 Å². The molecule has 29 heavy (non-hydrogen) atoms. The molecule has 1 saturated heterocycles. The lowest BCUT2D eigenvalue weighted by molar-refractivity contribution is -0.118. The number of ether oxygens (including phenoxy) is 3. The summed E-state index contributed by atoms with van der Waals surface area (Å²) in [4.78, 5) is 28.3. The fourth-order valence-electron chi connectivity index (χ4n) is 3.26. The number of thiophene rings is 1. The summed E-state index contributed by atoms with van der Waals surface area (Å²) in [6.07, 6.45) is 0. The van der Waals surface area contributed by atoms with Crippen molar-refractivity contribution in [1.29, 1.82) is 0 Å². The SMILES string of the molecule is CCOC(=O)c1c(NC(=O)CN2CCOCC2)sc(C)c1-c1ccc(OC)cc1. The van der Waals surface area contributed by atoms with Crippen LogP contribution in [0.1, 0.15) is 22.2 Å². The molecule has 0 saturated carbocycles. The fourth-order valence-corrected chi connectivity index (χ4v) is 4.35. The first-order chi connectivity index (χ1) is 14.0. The first kappa shape index (κ1) is 21.3. The standard InChI is InChI=1S/C21H26N2O5S/c1-4-28-21(25)19-18(15-5-7-16(26-3)8-6-15)14(2)29-20(19)22-17(24)13-23-9-11-27-12-10-23/h5-8H,4,9-13H2,1-3H3,(H,22,24). The Bertz CT molecular complexity index is 857. The van der Waals surface area contributed by atoms with Crippen molar-refractivity contribution in [3.05, 3.63) is 34.7 Å². The molecule has 7 nitrogen and oxygen atoms in total. The van der Waals surface area contributed by atoms with Crippen LogP contribution in [-0.2, 0) is 14.3 Å². The van der Waals surface area contributed by atoms with Crippen LogP contribution < -0.4 is 10.1 Å². The van der Waals surface area contributed by atoms with Gasteiger partial charge < -0.3 is 19.5 Å². The number of hydrogen-bond donors (Lipinski definition) is 1. The maximum Gasteiger partial charge on any atom is 0.341 e. The molecular formula is C21H26N2O5S. The topological polar surface area (TPSA) is 77.1 Å². The highest BCUT2D eigenvalue weighted by atomic mass is 32.1. The number of nitrogens with zero attached hydrogens (tertiary/aromatic N) is 1. The minimum absolute atomic E-state index is 0.153. The molecule has 1 amide bonds. The monoisotopic (exact) mass is 418 g/mol. The quantitative estimate of drug-likeness (QED) is 0.696. The van der Waals surface area contributed by atoms with Gasteiger partial charge in [0.05, 0.1) is 33.5 Å². The first-order valence-electron chi connectivity index (χ1n) is 9.58. The highest BCUT2D eigenvalue weighted by molar-refractivity contribution is 7.17. The molecule has 0 bridgehead atoms. The van der Waals surface area contributed by atoms with E-state index < -0.39 is 5.97 Å². The molecule has 0 radical (unpaired) electrons. The molecule has 156 valence electrons. The Kier molecular flexibility index (Phi) is 7.24. The Morgan fingerprint density at radius 3 is 2.52 bits per heavy atom. The van der Waals surface area contributed by atoms with Crippen molar-refractivity contribution in [2.75, 3.05) is 51.9 Å². The summed E-state index contributed by atoms with van der Waals surface area (Å²) in [6, 6.07) is 7.49. The van der Waals surface area contributed by atoms with Gasteiger partial charge in [-0.1, -0.05) is 12.1 Å². The van der Waals surface area contributed by atoms with Gasteiger partial charge in [-0.25, -0.2) is 4.79 Å². The molecule has 2 aromatic rings. The molecule has 0 spiro atoms. The van der Waals surface area contributed by atoms with Gasteiger partial charge in [-0.05, 0) is 31.5 Å². The van der Waals surface area contributed by atoms with Crippen LogP contribution in [0.25, 0.3) is 11.1 Å². The number of morpholine rings is 1. The van der Waals surface area contributed by atoms with E-state index in [9.17, 15) is 9.59 Å². The van der Waals surface area contributed by atoms with Gasteiger partial charge >= 0.3 is 5.97 Å². The van der Waals surface area contributed by atoms with Crippen molar-refractivity contribution >= 4 is 28.2 Å². The van der Waals surface area contributed by atoms with Gasteiger partial charge in [0.15, 0.2) is 0 Å². The van der Waals surface area contributed by atoms with Crippen molar-refractivity contribution in [2.45, 2.75) is 13.8 Å². The van der Waals surface area contributed by atoms with Crippen LogP contribution in [0.3, 0.4) is 0 Å². The summed E-state index contributed by atoms with van der Waals surface area (Å²) in [6.45, 7) is 6.92. The van der Waals surface area contributed by atoms with Gasteiger partial charge in [-0.15, -0.1) is 11.3 Å². The molecule has 1 N–H and O–H groups in total. The van der Waals surface area contributed by atoms with Crippen molar-refractivity contribution in [2.24, 2.45) is 0 Å². The number of anilines is 1.